The molecule has 0 aliphatic carbocycles. The Morgan fingerprint density at radius 2 is 2.00 bits per heavy atom. The lowest BCUT2D eigenvalue weighted by molar-refractivity contribution is -0.115. The molecule has 0 atom stereocenters. The van der Waals surface area contributed by atoms with E-state index in [1.165, 1.54) is 11.8 Å². The Hall–Kier alpha value is -2.91. The van der Waals surface area contributed by atoms with E-state index in [0.717, 1.165) is 16.3 Å². The summed E-state index contributed by atoms with van der Waals surface area (Å²) in [5, 5.41) is 22.8. The minimum atomic E-state index is -0.186. The Kier molecular flexibility index (Phi) is 6.05. The summed E-state index contributed by atoms with van der Waals surface area (Å²) in [5.74, 6) is 1.24. The summed E-state index contributed by atoms with van der Waals surface area (Å²) < 4.78 is 0. The van der Waals surface area contributed by atoms with Crippen LogP contribution in [0.3, 0.4) is 0 Å². The Labute approximate surface area is 160 Å². The molecule has 3 aromatic rings. The fourth-order valence-electron chi connectivity index (χ4n) is 2.25. The second kappa shape index (κ2) is 8.65. The number of aryl methyl sites for hydroxylation is 1. The van der Waals surface area contributed by atoms with Gasteiger partial charge in [0.25, 0.3) is 0 Å². The van der Waals surface area contributed by atoms with Gasteiger partial charge >= 0.3 is 0 Å². The van der Waals surface area contributed by atoms with Crippen molar-refractivity contribution in [1.82, 2.24) is 20.2 Å². The monoisotopic (exact) mass is 384 g/mol. The molecule has 0 saturated carbocycles. The van der Waals surface area contributed by atoms with Gasteiger partial charge in [0.05, 0.1) is 18.0 Å². The van der Waals surface area contributed by atoms with Crippen molar-refractivity contribution < 1.29 is 9.90 Å². The first kappa shape index (κ1) is 18.9. The van der Waals surface area contributed by atoms with Crippen LogP contribution in [0.1, 0.15) is 24.7 Å². The first-order valence-electron chi connectivity index (χ1n) is 8.41. The zero-order valence-electron chi connectivity index (χ0n) is 15.0. The standard InChI is InChI=1S/C18H20N6O2S/c1-3-17(26)19-12-4-6-14(7-5-12)27-18-20-13(10-25)9-15(22-18)21-16-8-11(2)23-24-16/h4-9,25H,3,10H2,1-2H3,(H,19,26)(H2,20,21,22,23,24). The predicted octanol–water partition coefficient (Wildman–Crippen LogP) is 3.24. The summed E-state index contributed by atoms with van der Waals surface area (Å²) >= 11 is 1.37. The Balaban J connectivity index is 1.75. The minimum absolute atomic E-state index is 0.0286. The molecule has 0 unspecified atom stereocenters. The fourth-order valence-corrected chi connectivity index (χ4v) is 3.04. The van der Waals surface area contributed by atoms with Crippen molar-refractivity contribution in [2.45, 2.75) is 36.9 Å². The molecule has 1 amide bonds. The summed E-state index contributed by atoms with van der Waals surface area (Å²) in [7, 11) is 0. The van der Waals surface area contributed by atoms with Gasteiger partial charge in [-0.15, -0.1) is 0 Å². The van der Waals surface area contributed by atoms with Crippen molar-refractivity contribution in [3.8, 4) is 0 Å². The van der Waals surface area contributed by atoms with Gasteiger partial charge in [-0.25, -0.2) is 9.97 Å². The van der Waals surface area contributed by atoms with Gasteiger partial charge in [-0.3, -0.25) is 9.89 Å². The maximum absolute atomic E-state index is 11.4. The zero-order valence-corrected chi connectivity index (χ0v) is 15.8. The lowest BCUT2D eigenvalue weighted by Gasteiger charge is -2.08. The van der Waals surface area contributed by atoms with Crippen molar-refractivity contribution in [3.05, 3.63) is 47.8 Å². The molecule has 2 heterocycles. The number of amides is 1. The molecule has 0 spiro atoms. The van der Waals surface area contributed by atoms with Gasteiger partial charge in [-0.05, 0) is 43.0 Å². The molecule has 3 rings (SSSR count). The van der Waals surface area contributed by atoms with Crippen LogP contribution in [0.5, 0.6) is 0 Å². The second-order valence-electron chi connectivity index (χ2n) is 5.76. The summed E-state index contributed by atoms with van der Waals surface area (Å²) in [4.78, 5) is 21.2. The van der Waals surface area contributed by atoms with Crippen molar-refractivity contribution >= 4 is 35.0 Å². The van der Waals surface area contributed by atoms with Gasteiger partial charge in [-0.2, -0.15) is 5.10 Å². The largest absolute Gasteiger partial charge is 0.390 e. The first-order chi connectivity index (χ1) is 13.1. The van der Waals surface area contributed by atoms with Crippen molar-refractivity contribution in [2.75, 3.05) is 10.6 Å². The van der Waals surface area contributed by atoms with Crippen LogP contribution in [0.25, 0.3) is 0 Å². The van der Waals surface area contributed by atoms with Crippen molar-refractivity contribution in [1.29, 1.82) is 0 Å². The molecule has 0 bridgehead atoms. The number of nitrogens with one attached hydrogen (secondary N) is 3. The van der Waals surface area contributed by atoms with Crippen molar-refractivity contribution in [2.24, 2.45) is 0 Å². The van der Waals surface area contributed by atoms with Crippen LogP contribution in [0, 0.1) is 6.92 Å². The third kappa shape index (κ3) is 5.28. The highest BCUT2D eigenvalue weighted by molar-refractivity contribution is 7.99. The Bertz CT molecular complexity index is 926. The highest BCUT2D eigenvalue weighted by Gasteiger charge is 2.08. The number of aromatic nitrogens is 4. The maximum Gasteiger partial charge on any atom is 0.224 e. The number of aliphatic hydroxyl groups excluding tert-OH is 1. The van der Waals surface area contributed by atoms with Crippen LogP contribution in [0.2, 0.25) is 0 Å². The van der Waals surface area contributed by atoms with Gasteiger partial charge in [0.1, 0.15) is 11.6 Å². The van der Waals surface area contributed by atoms with Crippen molar-refractivity contribution in [3.63, 3.8) is 0 Å². The van der Waals surface area contributed by atoms with Crippen LogP contribution in [0.15, 0.2) is 46.5 Å². The number of benzene rings is 1. The summed E-state index contributed by atoms with van der Waals surface area (Å²) in [5.41, 5.74) is 2.12. The average Bonchev–Trinajstić information content (AvgIpc) is 3.07. The first-order valence-corrected chi connectivity index (χ1v) is 9.23. The van der Waals surface area contributed by atoms with Gasteiger partial charge in [0.2, 0.25) is 5.91 Å². The number of nitrogens with zero attached hydrogens (tertiary/aromatic N) is 3. The van der Waals surface area contributed by atoms with Crippen LogP contribution in [-0.4, -0.2) is 31.2 Å². The van der Waals surface area contributed by atoms with E-state index in [4.69, 9.17) is 0 Å². The maximum atomic E-state index is 11.4. The molecule has 0 saturated heterocycles. The number of rotatable bonds is 7. The summed E-state index contributed by atoms with van der Waals surface area (Å²) in [6.45, 7) is 3.50. The predicted molar refractivity (Wildman–Crippen MR) is 104 cm³/mol. The molecule has 27 heavy (non-hydrogen) atoms. The highest BCUT2D eigenvalue weighted by Crippen LogP contribution is 2.28. The topological polar surface area (TPSA) is 116 Å². The Morgan fingerprint density at radius 1 is 1.22 bits per heavy atom. The molecule has 0 radical (unpaired) electrons. The minimum Gasteiger partial charge on any atom is -0.390 e. The van der Waals surface area contributed by atoms with Gasteiger partial charge in [-0.1, -0.05) is 6.92 Å². The number of carbonyl (C=O) groups excluding carboxylic acids is 1. The van der Waals surface area contributed by atoms with E-state index in [1.807, 2.05) is 37.3 Å². The van der Waals surface area contributed by atoms with E-state index < -0.39 is 0 Å². The van der Waals surface area contributed by atoms with Gasteiger partial charge < -0.3 is 15.7 Å². The van der Waals surface area contributed by atoms with Crippen LogP contribution < -0.4 is 10.6 Å². The smallest absolute Gasteiger partial charge is 0.224 e. The van der Waals surface area contributed by atoms with E-state index >= 15 is 0 Å². The molecule has 140 valence electrons. The number of H-pyrrole nitrogens is 1. The van der Waals surface area contributed by atoms with Crippen LogP contribution >= 0.6 is 11.8 Å². The third-order valence-corrected chi connectivity index (χ3v) is 4.43. The lowest BCUT2D eigenvalue weighted by Crippen LogP contribution is -2.08. The summed E-state index contributed by atoms with van der Waals surface area (Å²) in [6, 6.07) is 11.0. The van der Waals surface area contributed by atoms with Crippen LogP contribution in [-0.2, 0) is 11.4 Å². The zero-order chi connectivity index (χ0) is 19.2. The van der Waals surface area contributed by atoms with E-state index in [0.29, 0.717) is 28.9 Å². The number of hydrogen-bond donors (Lipinski definition) is 4. The molecule has 1 aromatic carbocycles. The quantitative estimate of drug-likeness (QED) is 0.462. The van der Waals surface area contributed by atoms with Gasteiger partial charge in [0, 0.05) is 29.1 Å². The summed E-state index contributed by atoms with van der Waals surface area (Å²) in [6.07, 6.45) is 0.434. The molecule has 0 fully saturated rings. The fraction of sp³-hybridized carbons (Fsp3) is 0.222. The molecular formula is C18H20N6O2S. The lowest BCUT2D eigenvalue weighted by atomic mass is 10.3. The number of aliphatic hydroxyl groups is 1. The molecule has 0 aliphatic rings. The van der Waals surface area contributed by atoms with Gasteiger partial charge in [0.15, 0.2) is 5.16 Å². The molecule has 9 heteroatoms. The number of hydrogen-bond acceptors (Lipinski definition) is 7. The molecule has 2 aromatic heterocycles. The van der Waals surface area contributed by atoms with E-state index in [1.54, 1.807) is 13.0 Å². The Morgan fingerprint density at radius 3 is 2.63 bits per heavy atom. The average molecular weight is 384 g/mol. The molecule has 4 N–H and O–H groups in total. The number of aromatic amines is 1. The third-order valence-electron chi connectivity index (χ3n) is 3.56. The molecule has 8 nitrogen and oxygen atoms in total. The van der Waals surface area contributed by atoms with Crippen LogP contribution in [0.4, 0.5) is 17.3 Å². The number of carbonyl (C=O) groups is 1. The SMILES string of the molecule is CCC(=O)Nc1ccc(Sc2nc(CO)cc(Nc3cc(C)n[nH]3)n2)cc1. The van der Waals surface area contributed by atoms with E-state index in [2.05, 4.69) is 30.8 Å². The van der Waals surface area contributed by atoms with E-state index in [-0.39, 0.29) is 12.5 Å². The van der Waals surface area contributed by atoms with E-state index in [9.17, 15) is 9.90 Å². The number of anilines is 3. The normalized spacial score (nSPS) is 10.6. The molecular weight excluding hydrogens is 364 g/mol. The highest BCUT2D eigenvalue weighted by atomic mass is 32.2. The second-order valence-corrected chi connectivity index (χ2v) is 6.80. The molecule has 0 aliphatic heterocycles.